The molecule has 3 heterocycles. The minimum absolute atomic E-state index is 0.00883. The molecule has 4 rings (SSSR count). The second kappa shape index (κ2) is 4.94. The topological polar surface area (TPSA) is 79.8 Å². The average molecular weight is 355 g/mol. The number of para-hydroxylation sites is 1. The Labute approximate surface area is 135 Å². The van der Waals surface area contributed by atoms with Gasteiger partial charge in [0.1, 0.15) is 0 Å². The van der Waals surface area contributed by atoms with Crippen molar-refractivity contribution in [3.8, 4) is 0 Å². The van der Waals surface area contributed by atoms with E-state index >= 15 is 0 Å². The summed E-state index contributed by atoms with van der Waals surface area (Å²) in [5, 5.41) is 1.48. The average Bonchev–Trinajstić information content (AvgIpc) is 3.13. The zero-order valence-electron chi connectivity index (χ0n) is 11.2. The molecule has 0 aliphatic carbocycles. The van der Waals surface area contributed by atoms with E-state index in [1.165, 1.54) is 11.8 Å². The van der Waals surface area contributed by atoms with Crippen LogP contribution in [0.15, 0.2) is 40.6 Å². The number of hydrogen-bond donors (Lipinski definition) is 2. The molecule has 1 aliphatic rings. The summed E-state index contributed by atoms with van der Waals surface area (Å²) < 4.78 is 29.7. The van der Waals surface area contributed by atoms with Crippen LogP contribution >= 0.6 is 23.4 Å². The van der Waals surface area contributed by atoms with Crippen LogP contribution in [0.25, 0.3) is 10.9 Å². The van der Waals surface area contributed by atoms with Crippen LogP contribution in [0.3, 0.4) is 0 Å². The lowest BCUT2D eigenvalue weighted by molar-refractivity contribution is 0.577. The summed E-state index contributed by atoms with van der Waals surface area (Å²) in [7, 11) is -3.80. The van der Waals surface area contributed by atoms with Crippen LogP contribution in [-0.2, 0) is 16.6 Å². The van der Waals surface area contributed by atoms with Gasteiger partial charge in [0.15, 0.2) is 15.3 Å². The van der Waals surface area contributed by atoms with Crippen molar-refractivity contribution in [1.82, 2.24) is 14.5 Å². The van der Waals surface area contributed by atoms with Crippen LogP contribution in [0.5, 0.6) is 0 Å². The van der Waals surface area contributed by atoms with Crippen molar-refractivity contribution in [3.63, 3.8) is 0 Å². The number of hydrogen-bond acceptors (Lipinski definition) is 4. The molecule has 1 aromatic carbocycles. The Morgan fingerprint density at radius 3 is 3.05 bits per heavy atom. The lowest BCUT2D eigenvalue weighted by atomic mass is 10.2. The summed E-state index contributed by atoms with van der Waals surface area (Å²) in [4.78, 5) is 7.15. The van der Waals surface area contributed by atoms with Gasteiger partial charge in [-0.15, -0.1) is 0 Å². The quantitative estimate of drug-likeness (QED) is 0.757. The molecule has 9 heteroatoms. The maximum absolute atomic E-state index is 12.7. The van der Waals surface area contributed by atoms with E-state index in [0.29, 0.717) is 17.4 Å². The molecule has 2 N–H and O–H groups in total. The second-order valence-electron chi connectivity index (χ2n) is 4.84. The Bertz CT molecular complexity index is 977. The molecule has 0 unspecified atom stereocenters. The highest BCUT2D eigenvalue weighted by molar-refractivity contribution is 7.99. The number of nitrogens with one attached hydrogen (secondary N) is 2. The number of aromatic amines is 1. The third-order valence-corrected chi connectivity index (χ3v) is 6.22. The van der Waals surface area contributed by atoms with Crippen molar-refractivity contribution >= 4 is 50.0 Å². The van der Waals surface area contributed by atoms with Gasteiger partial charge in [-0.1, -0.05) is 41.6 Å². The summed E-state index contributed by atoms with van der Waals surface area (Å²) in [6, 6.07) is 7.47. The summed E-state index contributed by atoms with van der Waals surface area (Å²) in [6.07, 6.45) is 1.63. The minimum Gasteiger partial charge on any atom is -0.359 e. The first-order chi connectivity index (χ1) is 10.6. The van der Waals surface area contributed by atoms with E-state index in [9.17, 15) is 8.42 Å². The van der Waals surface area contributed by atoms with Crippen molar-refractivity contribution < 1.29 is 8.42 Å². The van der Waals surface area contributed by atoms with Crippen molar-refractivity contribution in [2.24, 2.45) is 0 Å². The van der Waals surface area contributed by atoms with Gasteiger partial charge in [-0.05, 0) is 6.07 Å². The van der Waals surface area contributed by atoms with Gasteiger partial charge in [0.2, 0.25) is 0 Å². The van der Waals surface area contributed by atoms with E-state index in [0.717, 1.165) is 16.7 Å². The number of fused-ring (bicyclic) bond motifs is 2. The second-order valence-corrected chi connectivity index (χ2v) is 7.86. The minimum atomic E-state index is -3.80. The number of rotatable bonds is 3. The predicted octanol–water partition coefficient (Wildman–Crippen LogP) is 2.92. The van der Waals surface area contributed by atoms with E-state index in [-0.39, 0.29) is 10.2 Å². The Hall–Kier alpha value is -1.64. The van der Waals surface area contributed by atoms with Crippen LogP contribution in [0.1, 0.15) is 0 Å². The number of aromatic nitrogens is 3. The maximum Gasteiger partial charge on any atom is 0.280 e. The third kappa shape index (κ3) is 2.10. The van der Waals surface area contributed by atoms with Gasteiger partial charge >= 0.3 is 0 Å². The van der Waals surface area contributed by atoms with Crippen LogP contribution in [-0.4, -0.2) is 28.7 Å². The molecule has 0 spiro atoms. The molecule has 3 aromatic rings. The molecule has 22 heavy (non-hydrogen) atoms. The molecule has 1 aliphatic heterocycles. The van der Waals surface area contributed by atoms with Crippen molar-refractivity contribution in [2.45, 2.75) is 16.7 Å². The lowest BCUT2D eigenvalue weighted by Gasteiger charge is -2.08. The van der Waals surface area contributed by atoms with Gasteiger partial charge in [-0.2, -0.15) is 8.42 Å². The summed E-state index contributed by atoms with van der Waals surface area (Å²) in [5.74, 6) is 0.801. The fraction of sp³-hybridized carbons (Fsp3) is 0.154. The van der Waals surface area contributed by atoms with E-state index in [1.807, 2.05) is 24.3 Å². The number of anilines is 1. The van der Waals surface area contributed by atoms with Gasteiger partial charge in [0, 0.05) is 29.4 Å². The van der Waals surface area contributed by atoms with Crippen molar-refractivity contribution in [2.75, 3.05) is 10.5 Å². The SMILES string of the molecule is O=S(=O)(Nc1c[nH]c2ccccc12)c1c(Cl)nc2n1CCS2. The summed E-state index contributed by atoms with van der Waals surface area (Å²) in [6.45, 7) is 0.587. The van der Waals surface area contributed by atoms with Gasteiger partial charge < -0.3 is 9.55 Å². The smallest absolute Gasteiger partial charge is 0.280 e. The van der Waals surface area contributed by atoms with Crippen LogP contribution in [0, 0.1) is 0 Å². The Balaban J connectivity index is 1.79. The highest BCUT2D eigenvalue weighted by Crippen LogP contribution is 2.34. The van der Waals surface area contributed by atoms with Gasteiger partial charge in [-0.25, -0.2) is 4.98 Å². The van der Waals surface area contributed by atoms with E-state index < -0.39 is 10.0 Å². The molecule has 114 valence electrons. The third-order valence-electron chi connectivity index (χ3n) is 3.48. The Kier molecular flexibility index (Phi) is 3.14. The monoisotopic (exact) mass is 354 g/mol. The fourth-order valence-electron chi connectivity index (χ4n) is 2.53. The first-order valence-corrected chi connectivity index (χ1v) is 9.39. The molecule has 6 nitrogen and oxygen atoms in total. The predicted molar refractivity (Wildman–Crippen MR) is 87.1 cm³/mol. The molecular formula is C13H11ClN4O2S2. The van der Waals surface area contributed by atoms with Gasteiger partial charge in [-0.3, -0.25) is 4.72 Å². The number of benzene rings is 1. The number of sulfonamides is 1. The number of H-pyrrole nitrogens is 1. The van der Waals surface area contributed by atoms with Crippen LogP contribution < -0.4 is 4.72 Å². The zero-order chi connectivity index (χ0) is 15.3. The van der Waals surface area contributed by atoms with E-state index in [2.05, 4.69) is 14.7 Å². The van der Waals surface area contributed by atoms with Gasteiger partial charge in [0.25, 0.3) is 10.0 Å². The number of nitrogens with zero attached hydrogens (tertiary/aromatic N) is 2. The van der Waals surface area contributed by atoms with Gasteiger partial charge in [0.05, 0.1) is 5.69 Å². The molecule has 0 atom stereocenters. The van der Waals surface area contributed by atoms with Crippen LogP contribution in [0.2, 0.25) is 5.15 Å². The molecule has 2 aromatic heterocycles. The first-order valence-electron chi connectivity index (χ1n) is 6.54. The fourth-order valence-corrected chi connectivity index (χ4v) is 5.37. The van der Waals surface area contributed by atoms with E-state index in [4.69, 9.17) is 11.6 Å². The molecular weight excluding hydrogens is 344 g/mol. The normalized spacial score (nSPS) is 14.4. The first kappa shape index (κ1) is 14.0. The molecule has 0 bridgehead atoms. The summed E-state index contributed by atoms with van der Waals surface area (Å²) >= 11 is 7.53. The van der Waals surface area contributed by atoms with Crippen LogP contribution in [0.4, 0.5) is 5.69 Å². The lowest BCUT2D eigenvalue weighted by Crippen LogP contribution is -2.17. The number of thioether (sulfide) groups is 1. The highest BCUT2D eigenvalue weighted by atomic mass is 35.5. The standard InChI is InChI=1S/C13H11ClN4O2S2/c14-11-12(18-5-6-21-13(18)16-11)22(19,20)17-10-7-15-9-4-2-1-3-8(9)10/h1-4,7,15,17H,5-6H2. The Morgan fingerprint density at radius 1 is 1.36 bits per heavy atom. The number of halogens is 1. The number of imidazole rings is 1. The molecule has 0 saturated carbocycles. The molecule has 0 radical (unpaired) electrons. The van der Waals surface area contributed by atoms with Crippen molar-refractivity contribution in [3.05, 3.63) is 35.6 Å². The molecule has 0 saturated heterocycles. The summed E-state index contributed by atoms with van der Waals surface area (Å²) in [5.41, 5.74) is 1.35. The zero-order valence-corrected chi connectivity index (χ0v) is 13.6. The highest BCUT2D eigenvalue weighted by Gasteiger charge is 2.30. The maximum atomic E-state index is 12.7. The Morgan fingerprint density at radius 2 is 2.18 bits per heavy atom. The molecule has 0 amide bonds. The van der Waals surface area contributed by atoms with E-state index in [1.54, 1.807) is 10.8 Å². The molecule has 0 fully saturated rings. The largest absolute Gasteiger partial charge is 0.359 e. The van der Waals surface area contributed by atoms with Crippen molar-refractivity contribution in [1.29, 1.82) is 0 Å².